The van der Waals surface area contributed by atoms with Crippen LogP contribution >= 0.6 is 0 Å². The van der Waals surface area contributed by atoms with Gasteiger partial charge in [0.15, 0.2) is 5.82 Å². The average molecular weight is 645 g/mol. The van der Waals surface area contributed by atoms with Gasteiger partial charge in [0.1, 0.15) is 11.2 Å². The summed E-state index contributed by atoms with van der Waals surface area (Å²) in [7, 11) is 0. The summed E-state index contributed by atoms with van der Waals surface area (Å²) in [5, 5.41) is 4.19. The van der Waals surface area contributed by atoms with Crippen LogP contribution < -0.4 is 0 Å². The van der Waals surface area contributed by atoms with Gasteiger partial charge in [0.25, 0.3) is 0 Å². The first-order valence-electron chi connectivity index (χ1n) is 18.9. The van der Waals surface area contributed by atoms with Gasteiger partial charge < -0.3 is 8.98 Å². The van der Waals surface area contributed by atoms with E-state index in [1.165, 1.54) is 5.39 Å². The van der Waals surface area contributed by atoms with Crippen molar-refractivity contribution in [2.75, 3.05) is 0 Å². The molecule has 0 radical (unpaired) electrons. The maximum absolute atomic E-state index is 8.72. The number of fused-ring (bicyclic) bond motifs is 6. The van der Waals surface area contributed by atoms with Crippen molar-refractivity contribution in [3.05, 3.63) is 176 Å². The summed E-state index contributed by atoms with van der Waals surface area (Å²) < 4.78 is 51.3. The Morgan fingerprint density at radius 2 is 1.20 bits per heavy atom. The van der Waals surface area contributed by atoms with Crippen LogP contribution in [-0.2, 0) is 0 Å². The lowest BCUT2D eigenvalue weighted by atomic mass is 9.97. The van der Waals surface area contributed by atoms with Gasteiger partial charge in [-0.2, -0.15) is 0 Å². The molecule has 0 fully saturated rings. The standard InChI is InChI=1S/C46H29N3O/c1-4-14-30(15-5-1)39-29-40(48-46(47-39)31-16-6-2-7-17-31)36-22-12-23-37-44-34(21-13-25-43(44)50-45(36)37)32-26-27-42-38(28-32)35-20-10-11-24-41(35)49(42)33-18-8-3-9-19-33/h1-29H/i1D,4D,5D,14D,15D. The van der Waals surface area contributed by atoms with Crippen LogP contribution in [-0.4, -0.2) is 14.5 Å². The normalized spacial score (nSPS) is 13.0. The van der Waals surface area contributed by atoms with E-state index in [0.29, 0.717) is 22.7 Å². The zero-order valence-electron chi connectivity index (χ0n) is 31.6. The minimum absolute atomic E-state index is 0.00918. The Hall–Kier alpha value is -6.78. The molecule has 0 saturated heterocycles. The van der Waals surface area contributed by atoms with Crippen LogP contribution in [0, 0.1) is 0 Å². The first kappa shape index (κ1) is 23.5. The summed E-state index contributed by atoms with van der Waals surface area (Å²) in [5.74, 6) is 0.358. The molecule has 10 rings (SSSR count). The number of benzene rings is 7. The molecular formula is C46H29N3O. The van der Waals surface area contributed by atoms with Gasteiger partial charge in [-0.3, -0.25) is 0 Å². The summed E-state index contributed by atoms with van der Waals surface area (Å²) in [4.78, 5) is 9.75. The lowest BCUT2D eigenvalue weighted by molar-refractivity contribution is 0.670. The van der Waals surface area contributed by atoms with E-state index >= 15 is 0 Å². The Balaban J connectivity index is 1.19. The second-order valence-corrected chi connectivity index (χ2v) is 12.2. The second-order valence-electron chi connectivity index (χ2n) is 12.2. The molecule has 0 amide bonds. The highest BCUT2D eigenvalue weighted by atomic mass is 16.3. The Kier molecular flexibility index (Phi) is 5.38. The average Bonchev–Trinajstić information content (AvgIpc) is 3.78. The van der Waals surface area contributed by atoms with Crippen LogP contribution in [0.15, 0.2) is 180 Å². The van der Waals surface area contributed by atoms with Gasteiger partial charge in [0, 0.05) is 43.9 Å². The third-order valence-electron chi connectivity index (χ3n) is 9.31. The monoisotopic (exact) mass is 644 g/mol. The molecule has 0 saturated carbocycles. The van der Waals surface area contributed by atoms with Gasteiger partial charge in [0.05, 0.1) is 29.3 Å². The molecule has 10 aromatic rings. The van der Waals surface area contributed by atoms with Gasteiger partial charge in [-0.1, -0.05) is 127 Å². The Labute approximate surface area is 295 Å². The van der Waals surface area contributed by atoms with Crippen LogP contribution in [0.3, 0.4) is 0 Å². The van der Waals surface area contributed by atoms with Crippen LogP contribution in [0.2, 0.25) is 0 Å². The van der Waals surface area contributed by atoms with Gasteiger partial charge in [-0.15, -0.1) is 0 Å². The summed E-state index contributed by atoms with van der Waals surface area (Å²) in [6, 6.07) is 46.7. The van der Waals surface area contributed by atoms with Crippen LogP contribution in [0.4, 0.5) is 0 Å². The van der Waals surface area contributed by atoms with Gasteiger partial charge in [-0.05, 0) is 59.7 Å². The van der Waals surface area contributed by atoms with Crippen LogP contribution in [0.25, 0.3) is 94.5 Å². The number of furan rings is 1. The fourth-order valence-corrected chi connectivity index (χ4v) is 7.09. The van der Waals surface area contributed by atoms with E-state index in [-0.39, 0.29) is 23.3 Å². The molecular weight excluding hydrogens is 611 g/mol. The fraction of sp³-hybridized carbons (Fsp3) is 0. The minimum Gasteiger partial charge on any atom is -0.455 e. The summed E-state index contributed by atoms with van der Waals surface area (Å²) in [5.41, 5.74) is 8.92. The minimum atomic E-state index is -0.458. The quantitative estimate of drug-likeness (QED) is 0.187. The molecule has 3 aromatic heterocycles. The number of hydrogen-bond acceptors (Lipinski definition) is 3. The Morgan fingerprint density at radius 1 is 0.500 bits per heavy atom. The van der Waals surface area contributed by atoms with E-state index < -0.39 is 18.1 Å². The lowest BCUT2D eigenvalue weighted by Crippen LogP contribution is -1.96. The smallest absolute Gasteiger partial charge is 0.160 e. The highest BCUT2D eigenvalue weighted by Crippen LogP contribution is 2.42. The lowest BCUT2D eigenvalue weighted by Gasteiger charge is -2.10. The molecule has 234 valence electrons. The molecule has 0 atom stereocenters. The van der Waals surface area contributed by atoms with Crippen molar-refractivity contribution >= 4 is 43.7 Å². The first-order valence-corrected chi connectivity index (χ1v) is 16.4. The van der Waals surface area contributed by atoms with Crippen molar-refractivity contribution in [3.63, 3.8) is 0 Å². The largest absolute Gasteiger partial charge is 0.455 e. The van der Waals surface area contributed by atoms with Gasteiger partial charge in [-0.25, -0.2) is 9.97 Å². The van der Waals surface area contributed by atoms with Crippen molar-refractivity contribution in [1.82, 2.24) is 14.5 Å². The molecule has 3 heterocycles. The number of para-hydroxylation sites is 3. The fourth-order valence-electron chi connectivity index (χ4n) is 7.09. The van der Waals surface area contributed by atoms with Crippen molar-refractivity contribution in [2.24, 2.45) is 0 Å². The Bertz CT molecular complexity index is 3130. The van der Waals surface area contributed by atoms with Crippen LogP contribution in [0.1, 0.15) is 6.85 Å². The molecule has 0 aliphatic heterocycles. The molecule has 0 bridgehead atoms. The third kappa shape index (κ3) is 4.54. The molecule has 0 aliphatic rings. The Morgan fingerprint density at radius 3 is 2.06 bits per heavy atom. The molecule has 0 unspecified atom stereocenters. The van der Waals surface area contributed by atoms with Gasteiger partial charge >= 0.3 is 0 Å². The predicted molar refractivity (Wildman–Crippen MR) is 205 cm³/mol. The predicted octanol–water partition coefficient (Wildman–Crippen LogP) is 12.1. The van der Waals surface area contributed by atoms with E-state index in [1.54, 1.807) is 6.07 Å². The zero-order valence-corrected chi connectivity index (χ0v) is 26.6. The third-order valence-corrected chi connectivity index (χ3v) is 9.31. The highest BCUT2D eigenvalue weighted by Gasteiger charge is 2.20. The molecule has 4 heteroatoms. The topological polar surface area (TPSA) is 43.9 Å². The summed E-state index contributed by atoms with van der Waals surface area (Å²) in [6.07, 6.45) is 0. The molecule has 50 heavy (non-hydrogen) atoms. The van der Waals surface area contributed by atoms with E-state index in [9.17, 15) is 0 Å². The second kappa shape index (κ2) is 11.4. The van der Waals surface area contributed by atoms with E-state index in [2.05, 4.69) is 77.4 Å². The van der Waals surface area contributed by atoms with Gasteiger partial charge in [0.2, 0.25) is 0 Å². The molecule has 0 aliphatic carbocycles. The van der Waals surface area contributed by atoms with Crippen molar-refractivity contribution in [1.29, 1.82) is 0 Å². The van der Waals surface area contributed by atoms with Crippen molar-refractivity contribution in [3.8, 4) is 50.7 Å². The maximum Gasteiger partial charge on any atom is 0.160 e. The molecule has 7 aromatic carbocycles. The molecule has 4 nitrogen and oxygen atoms in total. The number of nitrogens with zero attached hydrogens (tertiary/aromatic N) is 3. The number of rotatable bonds is 5. The summed E-state index contributed by atoms with van der Waals surface area (Å²) >= 11 is 0. The van der Waals surface area contributed by atoms with Crippen LogP contribution in [0.5, 0.6) is 0 Å². The molecule has 0 spiro atoms. The highest BCUT2D eigenvalue weighted by molar-refractivity contribution is 6.17. The zero-order chi connectivity index (χ0) is 37.4. The van der Waals surface area contributed by atoms with E-state index in [0.717, 1.165) is 55.2 Å². The number of hydrogen-bond donors (Lipinski definition) is 0. The van der Waals surface area contributed by atoms with E-state index in [4.69, 9.17) is 21.2 Å². The summed E-state index contributed by atoms with van der Waals surface area (Å²) in [6.45, 7) is 0. The van der Waals surface area contributed by atoms with Crippen molar-refractivity contribution in [2.45, 2.75) is 0 Å². The first-order chi connectivity index (χ1) is 26.9. The SMILES string of the molecule is [2H]c1c([2H])c([2H])c(-c2cc(-c3cccc4c3oc3cccc(-c5ccc6c(c5)c5ccccc5n6-c5ccccc5)c34)nc(-c3ccccc3)n2)c([2H])c1[2H]. The van der Waals surface area contributed by atoms with Crippen molar-refractivity contribution < 1.29 is 11.3 Å². The van der Waals surface area contributed by atoms with E-state index in [1.807, 2.05) is 66.7 Å². The maximum atomic E-state index is 8.72. The number of aromatic nitrogens is 3. The molecule has 0 N–H and O–H groups in total.